The van der Waals surface area contributed by atoms with Crippen LogP contribution in [0.5, 0.6) is 17.5 Å². The van der Waals surface area contributed by atoms with E-state index in [9.17, 15) is 5.21 Å². The van der Waals surface area contributed by atoms with Crippen molar-refractivity contribution in [2.75, 3.05) is 0 Å². The molecule has 6 nitrogen and oxygen atoms in total. The third-order valence-electron chi connectivity index (χ3n) is 2.53. The third-order valence-corrected chi connectivity index (χ3v) is 2.53. The molecule has 0 spiro atoms. The van der Waals surface area contributed by atoms with Crippen LogP contribution in [0.1, 0.15) is 0 Å². The van der Waals surface area contributed by atoms with Gasteiger partial charge in [-0.3, -0.25) is 0 Å². The average molecular weight is 255 g/mol. The van der Waals surface area contributed by atoms with Crippen LogP contribution < -0.4 is 9.58 Å². The number of ether oxygens (including phenoxy) is 1. The molecule has 19 heavy (non-hydrogen) atoms. The molecule has 0 unspecified atom stereocenters. The number of benzene rings is 2. The summed E-state index contributed by atoms with van der Waals surface area (Å²) in [6.07, 6.45) is 0. The van der Waals surface area contributed by atoms with E-state index >= 15 is 0 Å². The molecule has 2 aromatic carbocycles. The number of aromatic nitrogens is 3. The van der Waals surface area contributed by atoms with Crippen LogP contribution in [0.2, 0.25) is 0 Å². The topological polar surface area (TPSA) is 82.2 Å². The van der Waals surface area contributed by atoms with E-state index in [4.69, 9.17) is 9.84 Å². The van der Waals surface area contributed by atoms with E-state index in [1.54, 1.807) is 36.4 Å². The molecule has 0 fully saturated rings. The van der Waals surface area contributed by atoms with E-state index in [2.05, 4.69) is 10.1 Å². The molecule has 1 aromatic heterocycles. The lowest BCUT2D eigenvalue weighted by Gasteiger charge is -2.04. The van der Waals surface area contributed by atoms with Crippen LogP contribution in [0.15, 0.2) is 48.5 Å². The minimum atomic E-state index is -0.0422. The zero-order chi connectivity index (χ0) is 13.2. The van der Waals surface area contributed by atoms with Crippen LogP contribution >= 0.6 is 0 Å². The minimum Gasteiger partial charge on any atom is -0.594 e. The van der Waals surface area contributed by atoms with Crippen LogP contribution in [0, 0.1) is 5.21 Å². The highest BCUT2D eigenvalue weighted by Gasteiger charge is 2.11. The molecular weight excluding hydrogens is 246 g/mol. The Bertz CT molecular complexity index is 729. The van der Waals surface area contributed by atoms with Crippen molar-refractivity contribution in [1.29, 1.82) is 0 Å². The molecule has 6 heteroatoms. The van der Waals surface area contributed by atoms with Crippen molar-refractivity contribution >= 4 is 11.0 Å². The zero-order valence-electron chi connectivity index (χ0n) is 9.72. The average Bonchev–Trinajstić information content (AvgIpc) is 2.42. The Morgan fingerprint density at radius 2 is 1.79 bits per heavy atom. The van der Waals surface area contributed by atoms with Crippen LogP contribution in [-0.4, -0.2) is 15.2 Å². The standard InChI is InChI=1S/C13H9N3O3/c17-9-5-7-10(8-6-9)19-13-14-11-3-1-2-4-12(11)16(18)15-13/h1-8,17H. The summed E-state index contributed by atoms with van der Waals surface area (Å²) in [5, 5.41) is 24.5. The van der Waals surface area contributed by atoms with Crippen molar-refractivity contribution in [2.24, 2.45) is 0 Å². The van der Waals surface area contributed by atoms with Gasteiger partial charge >= 0.3 is 6.01 Å². The molecule has 3 rings (SSSR count). The number of phenolic OH excluding ortho intramolecular Hbond substituents is 1. The van der Waals surface area contributed by atoms with Gasteiger partial charge in [0.05, 0.1) is 5.10 Å². The lowest BCUT2D eigenvalue weighted by atomic mass is 10.3. The fourth-order valence-corrected chi connectivity index (χ4v) is 1.64. The second kappa shape index (κ2) is 4.41. The molecule has 3 aromatic rings. The molecule has 0 radical (unpaired) electrons. The summed E-state index contributed by atoms with van der Waals surface area (Å²) in [4.78, 5) is 4.61. The number of hydrogen-bond acceptors (Lipinski definition) is 5. The van der Waals surface area contributed by atoms with Gasteiger partial charge in [0.25, 0.3) is 5.52 Å². The molecule has 1 heterocycles. The van der Waals surface area contributed by atoms with Crippen molar-refractivity contribution in [3.63, 3.8) is 0 Å². The fourth-order valence-electron chi connectivity index (χ4n) is 1.64. The number of phenols is 1. The van der Waals surface area contributed by atoms with Gasteiger partial charge in [-0.25, -0.2) is 0 Å². The predicted octanol–water partition coefficient (Wildman–Crippen LogP) is 1.76. The molecule has 0 aliphatic heterocycles. The number of rotatable bonds is 2. The Morgan fingerprint density at radius 1 is 1.05 bits per heavy atom. The van der Waals surface area contributed by atoms with E-state index in [-0.39, 0.29) is 11.8 Å². The van der Waals surface area contributed by atoms with Crippen molar-refractivity contribution in [2.45, 2.75) is 0 Å². The van der Waals surface area contributed by atoms with Crippen molar-refractivity contribution in [1.82, 2.24) is 10.1 Å². The lowest BCUT2D eigenvalue weighted by molar-refractivity contribution is -0.643. The van der Waals surface area contributed by atoms with Crippen molar-refractivity contribution in [3.8, 4) is 17.5 Å². The summed E-state index contributed by atoms with van der Waals surface area (Å²) in [6.45, 7) is 0. The number of fused-ring (bicyclic) bond motifs is 1. The molecule has 0 aliphatic carbocycles. The van der Waals surface area contributed by atoms with Crippen LogP contribution in [-0.2, 0) is 0 Å². The second-order valence-corrected chi connectivity index (χ2v) is 3.85. The van der Waals surface area contributed by atoms with E-state index in [1.165, 1.54) is 12.1 Å². The molecule has 0 atom stereocenters. The maximum Gasteiger partial charge on any atom is 0.386 e. The van der Waals surface area contributed by atoms with Crippen molar-refractivity contribution in [3.05, 3.63) is 53.7 Å². The van der Waals surface area contributed by atoms with Gasteiger partial charge in [-0.2, -0.15) is 4.98 Å². The predicted molar refractivity (Wildman–Crippen MR) is 66.7 cm³/mol. The maximum atomic E-state index is 11.7. The Labute approximate surface area is 108 Å². The van der Waals surface area contributed by atoms with Gasteiger partial charge in [0, 0.05) is 6.07 Å². The number of hydrogen-bond donors (Lipinski definition) is 1. The van der Waals surface area contributed by atoms with Gasteiger partial charge in [-0.15, -0.1) is 0 Å². The summed E-state index contributed by atoms with van der Waals surface area (Å²) in [6, 6.07) is 12.9. The highest BCUT2D eigenvalue weighted by molar-refractivity contribution is 5.70. The monoisotopic (exact) mass is 255 g/mol. The number of para-hydroxylation sites is 2. The van der Waals surface area contributed by atoms with Crippen LogP contribution in [0.4, 0.5) is 0 Å². The smallest absolute Gasteiger partial charge is 0.386 e. The summed E-state index contributed by atoms with van der Waals surface area (Å²) in [7, 11) is 0. The first-order chi connectivity index (χ1) is 9.22. The minimum absolute atomic E-state index is 0.0422. The first-order valence-electron chi connectivity index (χ1n) is 5.56. The molecule has 1 N–H and O–H groups in total. The second-order valence-electron chi connectivity index (χ2n) is 3.85. The third kappa shape index (κ3) is 2.23. The van der Waals surface area contributed by atoms with Gasteiger partial charge in [0.1, 0.15) is 17.0 Å². The summed E-state index contributed by atoms with van der Waals surface area (Å²) >= 11 is 0. The van der Waals surface area contributed by atoms with E-state index in [0.29, 0.717) is 21.6 Å². The summed E-state index contributed by atoms with van der Waals surface area (Å²) in [5.74, 6) is 0.568. The quantitative estimate of drug-likeness (QED) is 0.557. The van der Waals surface area contributed by atoms with Gasteiger partial charge in [0.2, 0.25) is 0 Å². The Hall–Kier alpha value is -2.89. The molecule has 0 bridgehead atoms. The van der Waals surface area contributed by atoms with E-state index in [1.807, 2.05) is 0 Å². The van der Waals surface area contributed by atoms with E-state index in [0.717, 1.165) is 0 Å². The maximum absolute atomic E-state index is 11.7. The Kier molecular flexibility index (Phi) is 2.60. The van der Waals surface area contributed by atoms with E-state index < -0.39 is 0 Å². The SMILES string of the molecule is [O-][n+]1nc(Oc2ccc(O)cc2)nc2ccccc21. The number of aromatic hydroxyl groups is 1. The molecular formula is C13H9N3O3. The fraction of sp³-hybridized carbons (Fsp3) is 0. The summed E-state index contributed by atoms with van der Waals surface area (Å²) < 4.78 is 5.37. The molecule has 0 saturated carbocycles. The molecule has 94 valence electrons. The molecule has 0 amide bonds. The Morgan fingerprint density at radius 3 is 2.58 bits per heavy atom. The highest BCUT2D eigenvalue weighted by Crippen LogP contribution is 2.20. The van der Waals surface area contributed by atoms with Gasteiger partial charge < -0.3 is 15.1 Å². The van der Waals surface area contributed by atoms with Gasteiger partial charge in [0.15, 0.2) is 0 Å². The van der Waals surface area contributed by atoms with Crippen LogP contribution in [0.3, 0.4) is 0 Å². The summed E-state index contributed by atoms with van der Waals surface area (Å²) in [5.41, 5.74) is 0.877. The Balaban J connectivity index is 1.99. The first kappa shape index (κ1) is 11.2. The molecule has 0 aliphatic rings. The lowest BCUT2D eigenvalue weighted by Crippen LogP contribution is -2.32. The number of nitrogens with zero attached hydrogens (tertiary/aromatic N) is 3. The van der Waals surface area contributed by atoms with Gasteiger partial charge in [-0.1, -0.05) is 12.1 Å². The largest absolute Gasteiger partial charge is 0.594 e. The van der Waals surface area contributed by atoms with Gasteiger partial charge in [-0.05, 0) is 35.2 Å². The molecule has 0 saturated heterocycles. The van der Waals surface area contributed by atoms with Crippen molar-refractivity contribution < 1.29 is 14.7 Å². The van der Waals surface area contributed by atoms with Crippen LogP contribution in [0.25, 0.3) is 11.0 Å². The first-order valence-corrected chi connectivity index (χ1v) is 5.56. The normalized spacial score (nSPS) is 10.5. The highest BCUT2D eigenvalue weighted by atomic mass is 16.5. The zero-order valence-corrected chi connectivity index (χ0v) is 9.72.